The maximum Gasteiger partial charge on any atom is 0.228 e. The molecule has 1 aromatic rings. The Kier molecular flexibility index (Phi) is 6.68. The van der Waals surface area contributed by atoms with Gasteiger partial charge < -0.3 is 14.7 Å². The molecule has 2 aliphatic rings. The summed E-state index contributed by atoms with van der Waals surface area (Å²) < 4.78 is 0. The van der Waals surface area contributed by atoms with E-state index >= 15 is 0 Å². The number of nitriles is 2. The van der Waals surface area contributed by atoms with Crippen molar-refractivity contribution < 1.29 is 14.4 Å². The molecule has 0 bridgehead atoms. The Morgan fingerprint density at radius 2 is 1.67 bits per heavy atom. The highest BCUT2D eigenvalue weighted by atomic mass is 16.2. The van der Waals surface area contributed by atoms with Crippen molar-refractivity contribution in [2.45, 2.75) is 26.2 Å². The van der Waals surface area contributed by atoms with Crippen molar-refractivity contribution in [1.29, 1.82) is 10.5 Å². The zero-order valence-corrected chi connectivity index (χ0v) is 17.1. The zero-order valence-electron chi connectivity index (χ0n) is 17.1. The third-order valence-corrected chi connectivity index (χ3v) is 5.81. The van der Waals surface area contributed by atoms with E-state index in [-0.39, 0.29) is 49.1 Å². The van der Waals surface area contributed by atoms with Crippen molar-refractivity contribution in [2.75, 3.05) is 37.6 Å². The van der Waals surface area contributed by atoms with Gasteiger partial charge in [0.05, 0.1) is 18.1 Å². The van der Waals surface area contributed by atoms with Crippen molar-refractivity contribution in [3.05, 3.63) is 29.8 Å². The van der Waals surface area contributed by atoms with Gasteiger partial charge in [0.15, 0.2) is 0 Å². The molecular formula is C22H25N5O3. The molecule has 0 radical (unpaired) electrons. The summed E-state index contributed by atoms with van der Waals surface area (Å²) in [5, 5.41) is 17.7. The molecule has 2 heterocycles. The summed E-state index contributed by atoms with van der Waals surface area (Å²) in [5.74, 6) is -0.961. The van der Waals surface area contributed by atoms with Gasteiger partial charge in [-0.15, -0.1) is 0 Å². The molecule has 0 aromatic heterocycles. The van der Waals surface area contributed by atoms with Crippen molar-refractivity contribution >= 4 is 23.4 Å². The predicted molar refractivity (Wildman–Crippen MR) is 109 cm³/mol. The van der Waals surface area contributed by atoms with Gasteiger partial charge in [0.25, 0.3) is 0 Å². The van der Waals surface area contributed by atoms with E-state index in [0.717, 1.165) is 11.3 Å². The number of carbonyl (C=O) groups is 3. The number of likely N-dealkylation sites (tertiary alicyclic amines) is 1. The number of benzene rings is 1. The molecule has 3 rings (SSSR count). The predicted octanol–water partition coefficient (Wildman–Crippen LogP) is 1.46. The molecule has 30 heavy (non-hydrogen) atoms. The van der Waals surface area contributed by atoms with Crippen LogP contribution in [-0.2, 0) is 14.4 Å². The van der Waals surface area contributed by atoms with Crippen molar-refractivity contribution in [1.82, 2.24) is 9.80 Å². The molecule has 0 aliphatic carbocycles. The summed E-state index contributed by atoms with van der Waals surface area (Å²) in [7, 11) is 0. The second-order valence-electron chi connectivity index (χ2n) is 7.85. The van der Waals surface area contributed by atoms with Gasteiger partial charge in [-0.1, -0.05) is 17.7 Å². The van der Waals surface area contributed by atoms with Crippen LogP contribution in [0.3, 0.4) is 0 Å². The van der Waals surface area contributed by atoms with E-state index in [4.69, 9.17) is 10.5 Å². The van der Waals surface area contributed by atoms with Crippen molar-refractivity contribution in [3.8, 4) is 12.1 Å². The summed E-state index contributed by atoms with van der Waals surface area (Å²) in [6.45, 7) is 3.03. The van der Waals surface area contributed by atoms with Crippen LogP contribution >= 0.6 is 0 Å². The highest BCUT2D eigenvalue weighted by molar-refractivity contribution is 6.00. The molecular weight excluding hydrogens is 382 g/mol. The van der Waals surface area contributed by atoms with Crippen LogP contribution in [0.4, 0.5) is 5.69 Å². The Balaban J connectivity index is 1.56. The van der Waals surface area contributed by atoms with Crippen LogP contribution < -0.4 is 4.90 Å². The molecule has 1 aromatic carbocycles. The minimum atomic E-state index is -0.375. The maximum absolute atomic E-state index is 13.0. The summed E-state index contributed by atoms with van der Waals surface area (Å²) >= 11 is 0. The average molecular weight is 407 g/mol. The number of rotatable bonds is 5. The largest absolute Gasteiger partial charge is 0.342 e. The SMILES string of the molecule is Cc1ccc(N2CC(C(=O)N3CCC(C(=O)N(CC#N)CC#N)CC3)CC2=O)cc1. The van der Waals surface area contributed by atoms with Crippen molar-refractivity contribution in [3.63, 3.8) is 0 Å². The monoisotopic (exact) mass is 407 g/mol. The van der Waals surface area contributed by atoms with Gasteiger partial charge >= 0.3 is 0 Å². The molecule has 0 N–H and O–H groups in total. The number of piperidine rings is 1. The first-order valence-corrected chi connectivity index (χ1v) is 10.1. The van der Waals surface area contributed by atoms with Crippen LogP contribution in [0.25, 0.3) is 0 Å². The molecule has 0 saturated carbocycles. The fourth-order valence-corrected chi connectivity index (χ4v) is 4.09. The number of anilines is 1. The molecule has 156 valence electrons. The van der Waals surface area contributed by atoms with E-state index in [9.17, 15) is 14.4 Å². The number of carbonyl (C=O) groups excluding carboxylic acids is 3. The fraction of sp³-hybridized carbons (Fsp3) is 0.500. The Labute approximate surface area is 176 Å². The van der Waals surface area contributed by atoms with Gasteiger partial charge in [-0.05, 0) is 31.9 Å². The van der Waals surface area contributed by atoms with Crippen LogP contribution in [0.5, 0.6) is 0 Å². The number of hydrogen-bond donors (Lipinski definition) is 0. The van der Waals surface area contributed by atoms with E-state index in [1.807, 2.05) is 43.3 Å². The third kappa shape index (κ3) is 4.60. The minimum Gasteiger partial charge on any atom is -0.342 e. The van der Waals surface area contributed by atoms with Crippen LogP contribution in [0, 0.1) is 41.4 Å². The van der Waals surface area contributed by atoms with E-state index in [1.165, 1.54) is 4.90 Å². The van der Waals surface area contributed by atoms with Crippen LogP contribution in [0.2, 0.25) is 0 Å². The molecule has 2 saturated heterocycles. The number of nitrogens with zero attached hydrogens (tertiary/aromatic N) is 5. The standard InChI is InChI=1S/C22H25N5O3/c1-16-2-4-19(5-3-16)27-15-18(14-20(27)28)22(30)25-10-6-17(7-11-25)21(29)26(12-8-23)13-9-24/h2-5,17-18H,6-7,10-15H2,1H3. The van der Waals surface area contributed by atoms with Gasteiger partial charge in [-0.25, -0.2) is 0 Å². The quantitative estimate of drug-likeness (QED) is 0.687. The molecule has 8 heteroatoms. The second-order valence-corrected chi connectivity index (χ2v) is 7.85. The molecule has 3 amide bonds. The fourth-order valence-electron chi connectivity index (χ4n) is 4.09. The molecule has 1 unspecified atom stereocenters. The molecule has 2 fully saturated rings. The number of hydrogen-bond acceptors (Lipinski definition) is 5. The Morgan fingerprint density at radius 1 is 1.07 bits per heavy atom. The first-order chi connectivity index (χ1) is 14.4. The van der Waals surface area contributed by atoms with Gasteiger partial charge in [0.1, 0.15) is 13.1 Å². The lowest BCUT2D eigenvalue weighted by Gasteiger charge is -2.34. The van der Waals surface area contributed by atoms with Crippen molar-refractivity contribution in [2.24, 2.45) is 11.8 Å². The average Bonchev–Trinajstić information content (AvgIpc) is 3.15. The Hall–Kier alpha value is -3.39. The molecule has 0 spiro atoms. The third-order valence-electron chi connectivity index (χ3n) is 5.81. The highest BCUT2D eigenvalue weighted by Gasteiger charge is 2.39. The first kappa shape index (κ1) is 21.3. The lowest BCUT2D eigenvalue weighted by atomic mass is 9.94. The minimum absolute atomic E-state index is 0.0465. The first-order valence-electron chi connectivity index (χ1n) is 10.1. The topological polar surface area (TPSA) is 109 Å². The number of aryl methyl sites for hydroxylation is 1. The van der Waals surface area contributed by atoms with E-state index in [1.54, 1.807) is 9.80 Å². The summed E-state index contributed by atoms with van der Waals surface area (Å²) in [6, 6.07) is 11.5. The highest BCUT2D eigenvalue weighted by Crippen LogP contribution is 2.28. The van der Waals surface area contributed by atoms with E-state index in [2.05, 4.69) is 0 Å². The van der Waals surface area contributed by atoms with E-state index in [0.29, 0.717) is 32.5 Å². The van der Waals surface area contributed by atoms with Gasteiger partial charge in [0.2, 0.25) is 17.7 Å². The Morgan fingerprint density at radius 3 is 2.23 bits per heavy atom. The van der Waals surface area contributed by atoms with Crippen LogP contribution in [-0.4, -0.2) is 60.2 Å². The number of amides is 3. The van der Waals surface area contributed by atoms with Gasteiger partial charge in [-0.2, -0.15) is 10.5 Å². The molecule has 2 aliphatic heterocycles. The lowest BCUT2D eigenvalue weighted by Crippen LogP contribution is -2.46. The second kappa shape index (κ2) is 9.41. The maximum atomic E-state index is 13.0. The normalized spacial score (nSPS) is 19.3. The molecule has 1 atom stereocenters. The summed E-state index contributed by atoms with van der Waals surface area (Å²) in [6.07, 6.45) is 1.20. The van der Waals surface area contributed by atoms with Gasteiger partial charge in [0, 0.05) is 37.7 Å². The van der Waals surface area contributed by atoms with Crippen LogP contribution in [0.15, 0.2) is 24.3 Å². The molecule has 8 nitrogen and oxygen atoms in total. The van der Waals surface area contributed by atoms with Gasteiger partial charge in [-0.3, -0.25) is 14.4 Å². The van der Waals surface area contributed by atoms with Crippen LogP contribution in [0.1, 0.15) is 24.8 Å². The Bertz CT molecular complexity index is 875. The summed E-state index contributed by atoms with van der Waals surface area (Å²) in [4.78, 5) is 42.6. The zero-order chi connectivity index (χ0) is 21.7. The lowest BCUT2D eigenvalue weighted by molar-refractivity contribution is -0.141. The summed E-state index contributed by atoms with van der Waals surface area (Å²) in [5.41, 5.74) is 1.92. The smallest absolute Gasteiger partial charge is 0.228 e. The van der Waals surface area contributed by atoms with E-state index < -0.39 is 0 Å².